The third kappa shape index (κ3) is 3.67. The van der Waals surface area contributed by atoms with Gasteiger partial charge in [-0.25, -0.2) is 4.39 Å². The minimum atomic E-state index is -0.601. The number of benzene rings is 2. The van der Waals surface area contributed by atoms with Crippen LogP contribution >= 0.6 is 55.1 Å². The Morgan fingerprint density at radius 2 is 1.70 bits per heavy atom. The van der Waals surface area contributed by atoms with Crippen LogP contribution in [0.1, 0.15) is 18.5 Å². The Morgan fingerprint density at radius 3 is 2.25 bits per heavy atom. The van der Waals surface area contributed by atoms with Crippen molar-refractivity contribution in [1.29, 1.82) is 0 Å². The summed E-state index contributed by atoms with van der Waals surface area (Å²) in [6, 6.07) is 8.98. The maximum Gasteiger partial charge on any atom is 0.160 e. The highest BCUT2D eigenvalue weighted by Gasteiger charge is 2.12. The number of halogens is 5. The Morgan fingerprint density at radius 1 is 1.10 bits per heavy atom. The zero-order valence-electron chi connectivity index (χ0n) is 10.4. The molecule has 0 amide bonds. The molecule has 0 aliphatic carbocycles. The van der Waals surface area contributed by atoms with E-state index in [9.17, 15) is 4.39 Å². The van der Waals surface area contributed by atoms with Crippen molar-refractivity contribution in [3.05, 3.63) is 60.7 Å². The predicted molar refractivity (Wildman–Crippen MR) is 90.3 cm³/mol. The molecule has 0 fully saturated rings. The maximum absolute atomic E-state index is 13.4. The van der Waals surface area contributed by atoms with Crippen LogP contribution in [0.3, 0.4) is 0 Å². The second kappa shape index (κ2) is 6.65. The smallest absolute Gasteiger partial charge is 0.160 e. The van der Waals surface area contributed by atoms with Gasteiger partial charge in [0.2, 0.25) is 0 Å². The summed E-state index contributed by atoms with van der Waals surface area (Å²) < 4.78 is 15.3. The fourth-order valence-corrected chi connectivity index (χ4v) is 3.70. The molecule has 0 aliphatic heterocycles. The van der Waals surface area contributed by atoms with Crippen LogP contribution in [0.4, 0.5) is 10.1 Å². The van der Waals surface area contributed by atoms with Gasteiger partial charge in [-0.15, -0.1) is 0 Å². The van der Waals surface area contributed by atoms with Gasteiger partial charge in [0.15, 0.2) is 5.82 Å². The standard InChI is InChI=1S/C14H10Br2Cl2FN/c1-7(10-3-2-8(15)4-11(10)16)20-9-5-12(17)14(19)13(18)6-9/h2-7,20H,1H3. The molecule has 1 nitrogen and oxygen atoms in total. The van der Waals surface area contributed by atoms with Crippen LogP contribution in [0, 0.1) is 5.82 Å². The Hall–Kier alpha value is -0.290. The monoisotopic (exact) mass is 439 g/mol. The lowest BCUT2D eigenvalue weighted by molar-refractivity contribution is 0.628. The van der Waals surface area contributed by atoms with Crippen molar-refractivity contribution >= 4 is 60.7 Å². The van der Waals surface area contributed by atoms with Gasteiger partial charge in [0.05, 0.1) is 10.0 Å². The van der Waals surface area contributed by atoms with Gasteiger partial charge in [0, 0.05) is 20.7 Å². The summed E-state index contributed by atoms with van der Waals surface area (Å²) in [5.74, 6) is -0.601. The van der Waals surface area contributed by atoms with Gasteiger partial charge in [-0.3, -0.25) is 0 Å². The zero-order valence-corrected chi connectivity index (χ0v) is 15.0. The summed E-state index contributed by atoms with van der Waals surface area (Å²) in [5, 5.41) is 3.25. The van der Waals surface area contributed by atoms with Crippen molar-refractivity contribution in [2.75, 3.05) is 5.32 Å². The summed E-state index contributed by atoms with van der Waals surface area (Å²) in [5.41, 5.74) is 1.74. The molecule has 0 aliphatic rings. The van der Waals surface area contributed by atoms with E-state index in [-0.39, 0.29) is 16.1 Å². The van der Waals surface area contributed by atoms with Gasteiger partial charge in [0.1, 0.15) is 0 Å². The summed E-state index contributed by atoms with van der Waals surface area (Å²) in [4.78, 5) is 0. The quantitative estimate of drug-likeness (QED) is 0.514. The van der Waals surface area contributed by atoms with E-state index < -0.39 is 5.82 Å². The molecule has 1 N–H and O–H groups in total. The van der Waals surface area contributed by atoms with Gasteiger partial charge < -0.3 is 5.32 Å². The first-order valence-corrected chi connectivity index (χ1v) is 8.08. The first-order valence-electron chi connectivity index (χ1n) is 5.74. The molecule has 0 heterocycles. The molecular weight excluding hydrogens is 432 g/mol. The largest absolute Gasteiger partial charge is 0.378 e. The highest BCUT2D eigenvalue weighted by Crippen LogP contribution is 2.32. The van der Waals surface area contributed by atoms with Crippen molar-refractivity contribution in [3.8, 4) is 0 Å². The van der Waals surface area contributed by atoms with E-state index in [0.717, 1.165) is 14.5 Å². The second-order valence-electron chi connectivity index (χ2n) is 4.29. The first kappa shape index (κ1) is 16.1. The van der Waals surface area contributed by atoms with Crippen LogP contribution in [-0.4, -0.2) is 0 Å². The predicted octanol–water partition coefficient (Wildman–Crippen LogP) is 6.83. The Labute approximate surface area is 143 Å². The third-order valence-electron chi connectivity index (χ3n) is 2.80. The van der Waals surface area contributed by atoms with Gasteiger partial charge in [-0.05, 0) is 36.8 Å². The van der Waals surface area contributed by atoms with Crippen LogP contribution in [0.2, 0.25) is 10.0 Å². The molecule has 0 bridgehead atoms. The molecule has 0 spiro atoms. The average Bonchev–Trinajstić information content (AvgIpc) is 2.35. The summed E-state index contributed by atoms with van der Waals surface area (Å²) in [6.07, 6.45) is 0. The number of rotatable bonds is 3. The number of nitrogens with one attached hydrogen (secondary N) is 1. The van der Waals surface area contributed by atoms with Gasteiger partial charge >= 0.3 is 0 Å². The van der Waals surface area contributed by atoms with Gasteiger partial charge in [-0.2, -0.15) is 0 Å². The highest BCUT2D eigenvalue weighted by molar-refractivity contribution is 9.11. The van der Waals surface area contributed by atoms with Crippen molar-refractivity contribution in [1.82, 2.24) is 0 Å². The Kier molecular flexibility index (Phi) is 5.35. The molecule has 2 aromatic rings. The van der Waals surface area contributed by atoms with E-state index in [1.165, 1.54) is 12.1 Å². The van der Waals surface area contributed by atoms with Crippen molar-refractivity contribution in [2.45, 2.75) is 13.0 Å². The van der Waals surface area contributed by atoms with Crippen LogP contribution < -0.4 is 5.32 Å². The maximum atomic E-state index is 13.4. The highest BCUT2D eigenvalue weighted by atomic mass is 79.9. The van der Waals surface area contributed by atoms with E-state index in [1.807, 2.05) is 25.1 Å². The second-order valence-corrected chi connectivity index (χ2v) is 6.87. The van der Waals surface area contributed by atoms with Crippen LogP contribution in [-0.2, 0) is 0 Å². The van der Waals surface area contributed by atoms with E-state index in [2.05, 4.69) is 37.2 Å². The molecule has 0 aromatic heterocycles. The molecule has 0 saturated heterocycles. The zero-order chi connectivity index (χ0) is 14.9. The summed E-state index contributed by atoms with van der Waals surface area (Å²) in [6.45, 7) is 2.00. The molecule has 2 aromatic carbocycles. The SMILES string of the molecule is CC(Nc1cc(Cl)c(F)c(Cl)c1)c1ccc(Br)cc1Br. The molecule has 1 unspecified atom stereocenters. The molecule has 106 valence electrons. The molecular formula is C14H10Br2Cl2FN. The van der Waals surface area contributed by atoms with E-state index in [1.54, 1.807) is 0 Å². The number of anilines is 1. The van der Waals surface area contributed by atoms with Crippen LogP contribution in [0.5, 0.6) is 0 Å². The topological polar surface area (TPSA) is 12.0 Å². The van der Waals surface area contributed by atoms with Crippen LogP contribution in [0.25, 0.3) is 0 Å². The van der Waals surface area contributed by atoms with E-state index in [4.69, 9.17) is 23.2 Å². The Bertz CT molecular complexity index is 626. The first-order chi connectivity index (χ1) is 9.38. The summed E-state index contributed by atoms with van der Waals surface area (Å²) in [7, 11) is 0. The normalized spacial score (nSPS) is 12.3. The van der Waals surface area contributed by atoms with Gasteiger partial charge in [0.25, 0.3) is 0 Å². The lowest BCUT2D eigenvalue weighted by Crippen LogP contribution is -2.07. The van der Waals surface area contributed by atoms with Gasteiger partial charge in [-0.1, -0.05) is 61.1 Å². The van der Waals surface area contributed by atoms with Crippen molar-refractivity contribution in [3.63, 3.8) is 0 Å². The molecule has 2 rings (SSSR count). The Balaban J connectivity index is 2.25. The molecule has 1 atom stereocenters. The minimum absolute atomic E-state index is 0.00192. The number of hydrogen-bond donors (Lipinski definition) is 1. The lowest BCUT2D eigenvalue weighted by Gasteiger charge is -2.18. The average molecular weight is 442 g/mol. The van der Waals surface area contributed by atoms with Crippen molar-refractivity contribution in [2.24, 2.45) is 0 Å². The van der Waals surface area contributed by atoms with E-state index >= 15 is 0 Å². The fourth-order valence-electron chi connectivity index (χ4n) is 1.82. The molecule has 6 heteroatoms. The number of hydrogen-bond acceptors (Lipinski definition) is 1. The molecule has 20 heavy (non-hydrogen) atoms. The minimum Gasteiger partial charge on any atom is -0.378 e. The molecule has 0 radical (unpaired) electrons. The van der Waals surface area contributed by atoms with Crippen LogP contribution in [0.15, 0.2) is 39.3 Å². The summed E-state index contributed by atoms with van der Waals surface area (Å²) >= 11 is 18.5. The molecule has 0 saturated carbocycles. The third-order valence-corrected chi connectivity index (χ3v) is 4.53. The van der Waals surface area contributed by atoms with Crippen molar-refractivity contribution < 1.29 is 4.39 Å². The lowest BCUT2D eigenvalue weighted by atomic mass is 10.1. The fraction of sp³-hybridized carbons (Fsp3) is 0.143. The van der Waals surface area contributed by atoms with E-state index in [0.29, 0.717) is 5.69 Å².